The highest BCUT2D eigenvalue weighted by atomic mass is 35.5. The van der Waals surface area contributed by atoms with Gasteiger partial charge in [0.1, 0.15) is 0 Å². The smallest absolute Gasteiger partial charge is 0.224 e. The van der Waals surface area contributed by atoms with E-state index in [1.807, 2.05) is 0 Å². The number of nitrogens with two attached hydrogens (primary N) is 1. The second-order valence-electron chi connectivity index (χ2n) is 4.68. The van der Waals surface area contributed by atoms with Gasteiger partial charge in [0.25, 0.3) is 0 Å². The van der Waals surface area contributed by atoms with Crippen LogP contribution in [0.15, 0.2) is 12.1 Å². The van der Waals surface area contributed by atoms with Gasteiger partial charge in [-0.15, -0.1) is 0 Å². The number of amides is 1. The summed E-state index contributed by atoms with van der Waals surface area (Å²) in [5.74, 6) is 0.369. The van der Waals surface area contributed by atoms with Gasteiger partial charge in [-0.3, -0.25) is 4.79 Å². The molecule has 0 saturated heterocycles. The Morgan fingerprint density at radius 3 is 2.35 bits per heavy atom. The number of carbonyl (C=O) groups excluding carboxylic acids is 1. The van der Waals surface area contributed by atoms with Crippen molar-refractivity contribution >= 4 is 46.4 Å². The lowest BCUT2D eigenvalue weighted by Gasteiger charge is -2.14. The lowest BCUT2D eigenvalue weighted by Crippen LogP contribution is -2.15. The standard InChI is InChI=1S/C14H19Cl3N2O/c1-2-9(5-6-18)3-4-13(20)19-14-11(16)7-10(15)8-12(14)17/h7-9H,2-6,18H2,1H3,(H,19,20). The average molecular weight is 338 g/mol. The molecule has 3 N–H and O–H groups in total. The maximum absolute atomic E-state index is 11.9. The Bertz CT molecular complexity index is 443. The normalized spacial score (nSPS) is 12.2. The molecule has 112 valence electrons. The molecule has 20 heavy (non-hydrogen) atoms. The van der Waals surface area contributed by atoms with E-state index in [9.17, 15) is 4.79 Å². The molecule has 0 aromatic heterocycles. The maximum Gasteiger partial charge on any atom is 0.224 e. The Morgan fingerprint density at radius 2 is 1.85 bits per heavy atom. The predicted octanol–water partition coefficient (Wildman–Crippen LogP) is 4.74. The lowest BCUT2D eigenvalue weighted by atomic mass is 9.96. The molecule has 1 aromatic carbocycles. The first-order valence-corrected chi connectivity index (χ1v) is 7.75. The van der Waals surface area contributed by atoms with E-state index in [2.05, 4.69) is 12.2 Å². The van der Waals surface area contributed by atoms with E-state index in [4.69, 9.17) is 40.5 Å². The van der Waals surface area contributed by atoms with E-state index in [0.29, 0.717) is 39.6 Å². The van der Waals surface area contributed by atoms with Gasteiger partial charge in [0, 0.05) is 11.4 Å². The Morgan fingerprint density at radius 1 is 1.25 bits per heavy atom. The monoisotopic (exact) mass is 336 g/mol. The second kappa shape index (κ2) is 8.73. The molecule has 0 spiro atoms. The molecule has 0 fully saturated rings. The number of nitrogens with one attached hydrogen (secondary N) is 1. The minimum atomic E-state index is -0.105. The van der Waals surface area contributed by atoms with Crippen LogP contribution in [-0.4, -0.2) is 12.5 Å². The summed E-state index contributed by atoms with van der Waals surface area (Å²) in [6, 6.07) is 3.10. The molecular formula is C14H19Cl3N2O. The van der Waals surface area contributed by atoms with Crippen molar-refractivity contribution in [1.29, 1.82) is 0 Å². The minimum Gasteiger partial charge on any atom is -0.330 e. The minimum absolute atomic E-state index is 0.105. The fraction of sp³-hybridized carbons (Fsp3) is 0.500. The van der Waals surface area contributed by atoms with Crippen LogP contribution in [0.1, 0.15) is 32.6 Å². The van der Waals surface area contributed by atoms with Gasteiger partial charge in [-0.25, -0.2) is 0 Å². The molecular weight excluding hydrogens is 319 g/mol. The van der Waals surface area contributed by atoms with Crippen LogP contribution in [0.2, 0.25) is 15.1 Å². The van der Waals surface area contributed by atoms with Gasteiger partial charge in [-0.1, -0.05) is 48.1 Å². The van der Waals surface area contributed by atoms with Crippen molar-refractivity contribution in [2.24, 2.45) is 11.7 Å². The molecule has 1 rings (SSSR count). The second-order valence-corrected chi connectivity index (χ2v) is 5.93. The van der Waals surface area contributed by atoms with E-state index >= 15 is 0 Å². The Kier molecular flexibility index (Phi) is 7.67. The molecule has 0 aliphatic rings. The largest absolute Gasteiger partial charge is 0.330 e. The van der Waals surface area contributed by atoms with Gasteiger partial charge in [0.2, 0.25) is 5.91 Å². The highest BCUT2D eigenvalue weighted by molar-refractivity contribution is 6.42. The topological polar surface area (TPSA) is 55.1 Å². The first kappa shape index (κ1) is 17.6. The molecule has 1 unspecified atom stereocenters. The summed E-state index contributed by atoms with van der Waals surface area (Å²) >= 11 is 17.9. The van der Waals surface area contributed by atoms with E-state index < -0.39 is 0 Å². The third kappa shape index (κ3) is 5.49. The summed E-state index contributed by atoms with van der Waals surface area (Å²) in [6.07, 6.45) is 3.19. The van der Waals surface area contributed by atoms with E-state index in [1.54, 1.807) is 12.1 Å². The van der Waals surface area contributed by atoms with Crippen LogP contribution in [0.4, 0.5) is 5.69 Å². The maximum atomic E-state index is 11.9. The van der Waals surface area contributed by atoms with Crippen molar-refractivity contribution < 1.29 is 4.79 Å². The van der Waals surface area contributed by atoms with Crippen molar-refractivity contribution in [3.05, 3.63) is 27.2 Å². The summed E-state index contributed by atoms with van der Waals surface area (Å²) in [4.78, 5) is 11.9. The van der Waals surface area contributed by atoms with Crippen LogP contribution in [0.5, 0.6) is 0 Å². The molecule has 0 radical (unpaired) electrons. The zero-order valence-corrected chi connectivity index (χ0v) is 13.7. The lowest BCUT2D eigenvalue weighted by molar-refractivity contribution is -0.116. The van der Waals surface area contributed by atoms with Crippen LogP contribution < -0.4 is 11.1 Å². The van der Waals surface area contributed by atoms with Crippen LogP contribution in [-0.2, 0) is 4.79 Å². The first-order valence-electron chi connectivity index (χ1n) is 6.62. The van der Waals surface area contributed by atoms with Crippen molar-refractivity contribution in [1.82, 2.24) is 0 Å². The van der Waals surface area contributed by atoms with Crippen molar-refractivity contribution in [3.63, 3.8) is 0 Å². The van der Waals surface area contributed by atoms with Crippen LogP contribution in [0.25, 0.3) is 0 Å². The van der Waals surface area contributed by atoms with Gasteiger partial charge in [0.15, 0.2) is 0 Å². The first-order chi connectivity index (χ1) is 9.47. The highest BCUT2D eigenvalue weighted by Crippen LogP contribution is 2.33. The number of rotatable bonds is 7. The van der Waals surface area contributed by atoms with E-state index in [-0.39, 0.29) is 5.91 Å². The predicted molar refractivity (Wildman–Crippen MR) is 86.8 cm³/mol. The van der Waals surface area contributed by atoms with E-state index in [1.165, 1.54) is 0 Å². The molecule has 3 nitrogen and oxygen atoms in total. The number of halogens is 3. The summed E-state index contributed by atoms with van der Waals surface area (Å²) in [5.41, 5.74) is 5.95. The molecule has 1 amide bonds. The van der Waals surface area contributed by atoms with Gasteiger partial charge in [-0.2, -0.15) is 0 Å². The third-order valence-corrected chi connectivity index (χ3v) is 4.02. The Hall–Kier alpha value is -0.480. The number of carbonyl (C=O) groups is 1. The van der Waals surface area contributed by atoms with Crippen LogP contribution in [0, 0.1) is 5.92 Å². The van der Waals surface area contributed by atoms with Crippen molar-refractivity contribution in [2.75, 3.05) is 11.9 Å². The molecule has 0 aliphatic heterocycles. The summed E-state index contributed by atoms with van der Waals surface area (Å²) in [6.45, 7) is 2.75. The summed E-state index contributed by atoms with van der Waals surface area (Å²) in [5, 5.41) is 3.85. The van der Waals surface area contributed by atoms with Gasteiger partial charge < -0.3 is 11.1 Å². The molecule has 0 aliphatic carbocycles. The molecule has 0 saturated carbocycles. The van der Waals surface area contributed by atoms with Crippen molar-refractivity contribution in [3.8, 4) is 0 Å². The Balaban J connectivity index is 2.59. The SMILES string of the molecule is CCC(CCN)CCC(=O)Nc1c(Cl)cc(Cl)cc1Cl. The summed E-state index contributed by atoms with van der Waals surface area (Å²) < 4.78 is 0. The molecule has 1 atom stereocenters. The quantitative estimate of drug-likeness (QED) is 0.755. The number of hydrogen-bond donors (Lipinski definition) is 2. The number of anilines is 1. The fourth-order valence-electron chi connectivity index (χ4n) is 1.99. The molecule has 1 aromatic rings. The highest BCUT2D eigenvalue weighted by Gasteiger charge is 2.13. The Labute approximate surface area is 134 Å². The van der Waals surface area contributed by atoms with Gasteiger partial charge >= 0.3 is 0 Å². The molecule has 0 bridgehead atoms. The van der Waals surface area contributed by atoms with Gasteiger partial charge in [0.05, 0.1) is 15.7 Å². The summed E-state index contributed by atoms with van der Waals surface area (Å²) in [7, 11) is 0. The van der Waals surface area contributed by atoms with Crippen molar-refractivity contribution in [2.45, 2.75) is 32.6 Å². The zero-order valence-electron chi connectivity index (χ0n) is 11.4. The van der Waals surface area contributed by atoms with Crippen LogP contribution >= 0.6 is 34.8 Å². The third-order valence-electron chi connectivity index (χ3n) is 3.20. The fourth-order valence-corrected chi connectivity index (χ4v) is 2.90. The number of hydrogen-bond acceptors (Lipinski definition) is 2. The number of benzene rings is 1. The zero-order chi connectivity index (χ0) is 15.1. The van der Waals surface area contributed by atoms with Gasteiger partial charge in [-0.05, 0) is 37.4 Å². The average Bonchev–Trinajstić information content (AvgIpc) is 2.38. The van der Waals surface area contributed by atoms with Crippen LogP contribution in [0.3, 0.4) is 0 Å². The molecule has 0 heterocycles. The molecule has 6 heteroatoms. The van der Waals surface area contributed by atoms with E-state index in [0.717, 1.165) is 19.3 Å².